The van der Waals surface area contributed by atoms with Gasteiger partial charge in [0.05, 0.1) is 20.6 Å². The van der Waals surface area contributed by atoms with E-state index in [0.29, 0.717) is 21.4 Å². The Bertz CT molecular complexity index is 1020. The van der Waals surface area contributed by atoms with Crippen molar-refractivity contribution in [1.82, 2.24) is 9.38 Å². The highest BCUT2D eigenvalue weighted by Gasteiger charge is 2.19. The van der Waals surface area contributed by atoms with E-state index in [-0.39, 0.29) is 0 Å². The molecule has 0 amide bonds. The number of nitrogens with zero attached hydrogens (tertiary/aromatic N) is 2. The van der Waals surface area contributed by atoms with E-state index in [2.05, 4.69) is 4.98 Å². The maximum Gasteiger partial charge on any atom is 0.195 e. The van der Waals surface area contributed by atoms with Crippen LogP contribution in [-0.4, -0.2) is 15.7 Å². The summed E-state index contributed by atoms with van der Waals surface area (Å²) in [6, 6.07) is 9.27. The minimum Gasteiger partial charge on any atom is -0.296 e. The lowest BCUT2D eigenvalue weighted by Gasteiger charge is -2.02. The number of thiophene rings is 1. The van der Waals surface area contributed by atoms with E-state index in [4.69, 9.17) is 23.2 Å². The van der Waals surface area contributed by atoms with E-state index in [1.165, 1.54) is 11.3 Å². The summed E-state index contributed by atoms with van der Waals surface area (Å²) in [5.74, 6) is 0. The second kappa shape index (κ2) is 5.76. The van der Waals surface area contributed by atoms with Crippen LogP contribution >= 0.6 is 45.9 Å². The van der Waals surface area contributed by atoms with Crippen LogP contribution in [0.25, 0.3) is 26.8 Å². The van der Waals surface area contributed by atoms with Gasteiger partial charge in [0.1, 0.15) is 11.4 Å². The molecule has 0 spiro atoms. The predicted molar refractivity (Wildman–Crippen MR) is 97.2 cm³/mol. The summed E-state index contributed by atoms with van der Waals surface area (Å²) >= 11 is 15.2. The number of fused-ring (bicyclic) bond motifs is 1. The zero-order chi connectivity index (χ0) is 16.0. The summed E-state index contributed by atoms with van der Waals surface area (Å²) in [7, 11) is 0. The first-order valence-corrected chi connectivity index (χ1v) is 9.15. The number of aromatic nitrogens is 2. The molecule has 0 aliphatic rings. The van der Waals surface area contributed by atoms with Crippen LogP contribution in [0.5, 0.6) is 0 Å². The first kappa shape index (κ1) is 14.9. The molecule has 0 saturated carbocycles. The molecule has 0 bridgehead atoms. The van der Waals surface area contributed by atoms with Crippen molar-refractivity contribution in [1.29, 1.82) is 0 Å². The van der Waals surface area contributed by atoms with Crippen LogP contribution in [0, 0.1) is 0 Å². The molecular weight excluding hydrogens is 371 g/mol. The average Bonchev–Trinajstić information content (AvgIpc) is 3.24. The Labute approximate surface area is 149 Å². The number of benzene rings is 1. The molecule has 0 atom stereocenters. The topological polar surface area (TPSA) is 34.4 Å². The van der Waals surface area contributed by atoms with E-state index >= 15 is 0 Å². The minimum absolute atomic E-state index is 0.441. The van der Waals surface area contributed by atoms with Gasteiger partial charge in [-0.25, -0.2) is 4.98 Å². The fourth-order valence-electron chi connectivity index (χ4n) is 2.44. The number of halogens is 2. The number of carbonyl (C=O) groups excluding carboxylic acids is 1. The van der Waals surface area contributed by atoms with Crippen molar-refractivity contribution in [2.24, 2.45) is 0 Å². The highest BCUT2D eigenvalue weighted by Crippen LogP contribution is 2.35. The molecule has 0 aliphatic carbocycles. The van der Waals surface area contributed by atoms with Crippen LogP contribution in [0.4, 0.5) is 0 Å². The molecule has 3 nitrogen and oxygen atoms in total. The number of rotatable bonds is 3. The summed E-state index contributed by atoms with van der Waals surface area (Å²) < 4.78 is 1.89. The minimum atomic E-state index is 0.441. The Morgan fingerprint density at radius 2 is 2.00 bits per heavy atom. The maximum atomic E-state index is 11.7. The molecule has 0 saturated heterocycles. The molecular formula is C16H8Cl2N2OS2. The van der Waals surface area contributed by atoms with Crippen molar-refractivity contribution < 1.29 is 4.79 Å². The highest BCUT2D eigenvalue weighted by atomic mass is 35.5. The van der Waals surface area contributed by atoms with Gasteiger partial charge in [-0.05, 0) is 23.6 Å². The third-order valence-electron chi connectivity index (χ3n) is 3.48. The first-order chi connectivity index (χ1) is 11.2. The second-order valence-electron chi connectivity index (χ2n) is 4.81. The Hall–Kier alpha value is -1.66. The lowest BCUT2D eigenvalue weighted by atomic mass is 10.1. The molecule has 0 radical (unpaired) electrons. The molecule has 3 heterocycles. The van der Waals surface area contributed by atoms with Gasteiger partial charge in [-0.15, -0.1) is 22.7 Å². The highest BCUT2D eigenvalue weighted by molar-refractivity contribution is 7.17. The van der Waals surface area contributed by atoms with Crippen molar-refractivity contribution in [3.05, 3.63) is 56.8 Å². The van der Waals surface area contributed by atoms with Gasteiger partial charge in [-0.2, -0.15) is 0 Å². The van der Waals surface area contributed by atoms with E-state index in [1.807, 2.05) is 33.4 Å². The molecule has 4 rings (SSSR count). The monoisotopic (exact) mass is 378 g/mol. The molecule has 0 unspecified atom stereocenters. The summed E-state index contributed by atoms with van der Waals surface area (Å²) in [6.07, 6.45) is 0.835. The van der Waals surface area contributed by atoms with Gasteiger partial charge in [-0.1, -0.05) is 35.3 Å². The van der Waals surface area contributed by atoms with Crippen molar-refractivity contribution in [3.8, 4) is 21.8 Å². The summed E-state index contributed by atoms with van der Waals surface area (Å²) in [6.45, 7) is 0. The zero-order valence-electron chi connectivity index (χ0n) is 11.5. The summed E-state index contributed by atoms with van der Waals surface area (Å²) in [5, 5.41) is 4.94. The lowest BCUT2D eigenvalue weighted by molar-refractivity contribution is 0.111. The first-order valence-electron chi connectivity index (χ1n) is 6.63. The fourth-order valence-corrected chi connectivity index (χ4v) is 4.44. The van der Waals surface area contributed by atoms with Crippen LogP contribution in [0.2, 0.25) is 10.0 Å². The van der Waals surface area contributed by atoms with Gasteiger partial charge < -0.3 is 0 Å². The lowest BCUT2D eigenvalue weighted by Crippen LogP contribution is -1.93. The molecule has 7 heteroatoms. The van der Waals surface area contributed by atoms with Gasteiger partial charge in [0.25, 0.3) is 0 Å². The largest absolute Gasteiger partial charge is 0.296 e. The second-order valence-corrected chi connectivity index (χ2v) is 7.41. The molecule has 0 fully saturated rings. The van der Waals surface area contributed by atoms with Gasteiger partial charge >= 0.3 is 0 Å². The molecule has 0 aliphatic heterocycles. The maximum absolute atomic E-state index is 11.7. The van der Waals surface area contributed by atoms with Gasteiger partial charge in [-0.3, -0.25) is 9.20 Å². The quantitative estimate of drug-likeness (QED) is 0.415. The van der Waals surface area contributed by atoms with E-state index in [0.717, 1.165) is 27.4 Å². The van der Waals surface area contributed by atoms with Gasteiger partial charge in [0.2, 0.25) is 0 Å². The van der Waals surface area contributed by atoms with Crippen LogP contribution in [-0.2, 0) is 0 Å². The number of hydrogen-bond acceptors (Lipinski definition) is 4. The molecule has 3 aromatic heterocycles. The van der Waals surface area contributed by atoms with Crippen LogP contribution < -0.4 is 0 Å². The third-order valence-corrected chi connectivity index (χ3v) is 5.93. The number of thiazole rings is 1. The van der Waals surface area contributed by atoms with Crippen molar-refractivity contribution >= 4 is 57.1 Å². The molecule has 4 aromatic rings. The van der Waals surface area contributed by atoms with Crippen LogP contribution in [0.1, 0.15) is 10.5 Å². The smallest absolute Gasteiger partial charge is 0.195 e. The molecule has 1 aromatic carbocycles. The van der Waals surface area contributed by atoms with E-state index in [1.54, 1.807) is 23.5 Å². The van der Waals surface area contributed by atoms with E-state index in [9.17, 15) is 4.79 Å². The van der Waals surface area contributed by atoms with Gasteiger partial charge in [0, 0.05) is 10.9 Å². The summed E-state index contributed by atoms with van der Waals surface area (Å²) in [5.41, 5.74) is 2.88. The SMILES string of the molecule is O=Cc1c(-c2ccc(Cl)c(Cl)c2)nc2scc(-c3cccs3)n12. The molecule has 114 valence electrons. The van der Waals surface area contributed by atoms with Crippen molar-refractivity contribution in [3.63, 3.8) is 0 Å². The normalized spacial score (nSPS) is 11.2. The number of hydrogen-bond donors (Lipinski definition) is 0. The fraction of sp³-hybridized carbons (Fsp3) is 0. The average molecular weight is 379 g/mol. The van der Waals surface area contributed by atoms with Gasteiger partial charge in [0.15, 0.2) is 11.2 Å². The standard InChI is InChI=1S/C16H8Cl2N2OS2/c17-10-4-3-9(6-11(10)18)15-12(7-21)20-13(8-23-16(20)19-15)14-2-1-5-22-14/h1-8H. The number of aldehydes is 1. The zero-order valence-corrected chi connectivity index (χ0v) is 14.6. The Kier molecular flexibility index (Phi) is 3.73. The molecule has 23 heavy (non-hydrogen) atoms. The summed E-state index contributed by atoms with van der Waals surface area (Å²) in [4.78, 5) is 18.2. The Morgan fingerprint density at radius 3 is 2.70 bits per heavy atom. The number of imidazole rings is 1. The van der Waals surface area contributed by atoms with Crippen molar-refractivity contribution in [2.75, 3.05) is 0 Å². The Morgan fingerprint density at radius 1 is 1.13 bits per heavy atom. The van der Waals surface area contributed by atoms with Crippen LogP contribution in [0.3, 0.4) is 0 Å². The van der Waals surface area contributed by atoms with E-state index < -0.39 is 0 Å². The Balaban J connectivity index is 1.98. The number of carbonyl (C=O) groups is 1. The predicted octanol–water partition coefficient (Wildman–Crippen LogP) is 5.91. The van der Waals surface area contributed by atoms with Crippen LogP contribution in [0.15, 0.2) is 41.1 Å². The van der Waals surface area contributed by atoms with Crippen molar-refractivity contribution in [2.45, 2.75) is 0 Å². The third kappa shape index (κ3) is 2.40. The molecule has 0 N–H and O–H groups in total.